The highest BCUT2D eigenvalue weighted by Gasteiger charge is 2.06. The Balaban J connectivity index is 1.57. The first-order valence-corrected chi connectivity index (χ1v) is 7.65. The van der Waals surface area contributed by atoms with Gasteiger partial charge in [0.25, 0.3) is 0 Å². The summed E-state index contributed by atoms with van der Waals surface area (Å²) in [5, 5.41) is 0. The summed E-state index contributed by atoms with van der Waals surface area (Å²) in [6.07, 6.45) is 0.294. The van der Waals surface area contributed by atoms with Gasteiger partial charge in [-0.15, -0.1) is 0 Å². The standard InChI is InChI=1S/C21H18O2/c22-21(23-16-18-7-3-1-4-8-18)15-17-11-13-20(14-12-17)19-9-5-2-6-10-19/h1-14H,15-16H2. The second-order valence-electron chi connectivity index (χ2n) is 5.39. The molecule has 0 saturated carbocycles. The van der Waals surface area contributed by atoms with Gasteiger partial charge in [0.05, 0.1) is 6.42 Å². The lowest BCUT2D eigenvalue weighted by Crippen LogP contribution is -2.07. The summed E-state index contributed by atoms with van der Waals surface area (Å²) in [6, 6.07) is 27.9. The zero-order valence-corrected chi connectivity index (χ0v) is 12.8. The highest BCUT2D eigenvalue weighted by atomic mass is 16.5. The molecule has 0 saturated heterocycles. The Morgan fingerprint density at radius 2 is 1.22 bits per heavy atom. The Kier molecular flexibility index (Phi) is 4.85. The van der Waals surface area contributed by atoms with Gasteiger partial charge >= 0.3 is 5.97 Å². The van der Waals surface area contributed by atoms with Crippen LogP contribution < -0.4 is 0 Å². The van der Waals surface area contributed by atoms with E-state index in [1.807, 2.05) is 72.8 Å². The largest absolute Gasteiger partial charge is 0.461 e. The summed E-state index contributed by atoms with van der Waals surface area (Å²) in [5.74, 6) is -0.207. The lowest BCUT2D eigenvalue weighted by Gasteiger charge is -2.06. The minimum absolute atomic E-state index is 0.207. The average Bonchev–Trinajstić information content (AvgIpc) is 2.62. The molecule has 0 aliphatic carbocycles. The molecule has 3 aromatic rings. The number of ether oxygens (including phenoxy) is 1. The van der Waals surface area contributed by atoms with Crippen molar-refractivity contribution >= 4 is 5.97 Å². The van der Waals surface area contributed by atoms with E-state index in [1.165, 1.54) is 5.56 Å². The quantitative estimate of drug-likeness (QED) is 0.642. The number of carbonyl (C=O) groups is 1. The third-order valence-corrected chi connectivity index (χ3v) is 3.65. The topological polar surface area (TPSA) is 26.3 Å². The lowest BCUT2D eigenvalue weighted by atomic mass is 10.0. The van der Waals surface area contributed by atoms with Crippen LogP contribution in [0, 0.1) is 0 Å². The molecule has 0 atom stereocenters. The molecule has 0 fully saturated rings. The van der Waals surface area contributed by atoms with Gasteiger partial charge < -0.3 is 4.74 Å². The molecule has 0 heterocycles. The predicted octanol–water partition coefficient (Wildman–Crippen LogP) is 4.64. The zero-order valence-electron chi connectivity index (χ0n) is 12.8. The molecule has 0 aromatic heterocycles. The molecule has 0 N–H and O–H groups in total. The molecule has 0 aliphatic heterocycles. The number of hydrogen-bond acceptors (Lipinski definition) is 2. The normalized spacial score (nSPS) is 10.3. The van der Waals surface area contributed by atoms with Crippen LogP contribution in [-0.2, 0) is 22.6 Å². The molecule has 0 unspecified atom stereocenters. The second kappa shape index (κ2) is 7.41. The van der Waals surface area contributed by atoms with E-state index >= 15 is 0 Å². The molecular formula is C21H18O2. The van der Waals surface area contributed by atoms with Crippen molar-refractivity contribution in [3.63, 3.8) is 0 Å². The minimum atomic E-state index is -0.207. The second-order valence-corrected chi connectivity index (χ2v) is 5.39. The van der Waals surface area contributed by atoms with Gasteiger partial charge in [0.15, 0.2) is 0 Å². The summed E-state index contributed by atoms with van der Waals surface area (Å²) < 4.78 is 5.31. The van der Waals surface area contributed by atoms with E-state index < -0.39 is 0 Å². The first-order chi connectivity index (χ1) is 11.3. The number of esters is 1. The van der Waals surface area contributed by atoms with Gasteiger partial charge in [-0.25, -0.2) is 0 Å². The Morgan fingerprint density at radius 3 is 1.87 bits per heavy atom. The van der Waals surface area contributed by atoms with Crippen LogP contribution in [0.4, 0.5) is 0 Å². The van der Waals surface area contributed by atoms with Crippen molar-refractivity contribution in [3.05, 3.63) is 96.1 Å². The van der Waals surface area contributed by atoms with Crippen LogP contribution in [0.1, 0.15) is 11.1 Å². The Labute approximate surface area is 136 Å². The van der Waals surface area contributed by atoms with Crippen molar-refractivity contribution in [3.8, 4) is 11.1 Å². The van der Waals surface area contributed by atoms with Gasteiger partial charge in [-0.1, -0.05) is 84.9 Å². The molecule has 3 rings (SSSR count). The van der Waals surface area contributed by atoms with Crippen molar-refractivity contribution in [2.24, 2.45) is 0 Å². The van der Waals surface area contributed by atoms with Crippen LogP contribution >= 0.6 is 0 Å². The molecule has 114 valence electrons. The van der Waals surface area contributed by atoms with E-state index in [0.717, 1.165) is 16.7 Å². The molecule has 23 heavy (non-hydrogen) atoms. The minimum Gasteiger partial charge on any atom is -0.461 e. The first kappa shape index (κ1) is 15.0. The SMILES string of the molecule is O=C(Cc1ccc(-c2ccccc2)cc1)OCc1ccccc1. The van der Waals surface area contributed by atoms with Gasteiger partial charge in [0.1, 0.15) is 6.61 Å². The van der Waals surface area contributed by atoms with Gasteiger partial charge in [-0.05, 0) is 22.3 Å². The van der Waals surface area contributed by atoms with Gasteiger partial charge in [0, 0.05) is 0 Å². The molecule has 2 nitrogen and oxygen atoms in total. The lowest BCUT2D eigenvalue weighted by molar-refractivity contribution is -0.144. The van der Waals surface area contributed by atoms with Crippen LogP contribution in [0.25, 0.3) is 11.1 Å². The molecule has 0 amide bonds. The van der Waals surface area contributed by atoms with E-state index in [1.54, 1.807) is 0 Å². The van der Waals surface area contributed by atoms with Crippen LogP contribution in [0.5, 0.6) is 0 Å². The number of benzene rings is 3. The molecule has 0 radical (unpaired) electrons. The van der Waals surface area contributed by atoms with Crippen molar-refractivity contribution in [1.29, 1.82) is 0 Å². The third kappa shape index (κ3) is 4.30. The third-order valence-electron chi connectivity index (χ3n) is 3.65. The van der Waals surface area contributed by atoms with E-state index in [2.05, 4.69) is 12.1 Å². The van der Waals surface area contributed by atoms with Gasteiger partial charge in [0.2, 0.25) is 0 Å². The molecular weight excluding hydrogens is 284 g/mol. The summed E-state index contributed by atoms with van der Waals surface area (Å²) in [4.78, 5) is 11.9. The Bertz CT molecular complexity index is 747. The van der Waals surface area contributed by atoms with Crippen LogP contribution in [0.15, 0.2) is 84.9 Å². The number of rotatable bonds is 5. The first-order valence-electron chi connectivity index (χ1n) is 7.65. The highest BCUT2D eigenvalue weighted by molar-refractivity contribution is 5.73. The summed E-state index contributed by atoms with van der Waals surface area (Å²) in [7, 11) is 0. The maximum absolute atomic E-state index is 11.9. The van der Waals surface area contributed by atoms with E-state index in [-0.39, 0.29) is 5.97 Å². The van der Waals surface area contributed by atoms with Crippen molar-refractivity contribution in [1.82, 2.24) is 0 Å². The molecule has 0 aliphatic rings. The zero-order chi connectivity index (χ0) is 15.9. The van der Waals surface area contributed by atoms with E-state index in [9.17, 15) is 4.79 Å². The van der Waals surface area contributed by atoms with Crippen molar-refractivity contribution in [2.75, 3.05) is 0 Å². The van der Waals surface area contributed by atoms with Crippen molar-refractivity contribution < 1.29 is 9.53 Å². The fourth-order valence-corrected chi connectivity index (χ4v) is 2.40. The molecule has 3 aromatic carbocycles. The molecule has 0 bridgehead atoms. The fraction of sp³-hybridized carbons (Fsp3) is 0.0952. The molecule has 0 spiro atoms. The predicted molar refractivity (Wildman–Crippen MR) is 91.8 cm³/mol. The van der Waals surface area contributed by atoms with Gasteiger partial charge in [-0.2, -0.15) is 0 Å². The smallest absolute Gasteiger partial charge is 0.310 e. The van der Waals surface area contributed by atoms with Gasteiger partial charge in [-0.3, -0.25) is 4.79 Å². The van der Waals surface area contributed by atoms with Crippen LogP contribution in [0.2, 0.25) is 0 Å². The fourth-order valence-electron chi connectivity index (χ4n) is 2.40. The molecule has 2 heteroatoms. The van der Waals surface area contributed by atoms with Crippen LogP contribution in [0.3, 0.4) is 0 Å². The maximum atomic E-state index is 11.9. The Hall–Kier alpha value is -2.87. The average molecular weight is 302 g/mol. The number of hydrogen-bond donors (Lipinski definition) is 0. The summed E-state index contributed by atoms with van der Waals surface area (Å²) in [6.45, 7) is 0.321. The summed E-state index contributed by atoms with van der Waals surface area (Å²) in [5.41, 5.74) is 4.28. The van der Waals surface area contributed by atoms with E-state index in [4.69, 9.17) is 4.74 Å². The maximum Gasteiger partial charge on any atom is 0.310 e. The summed E-state index contributed by atoms with van der Waals surface area (Å²) >= 11 is 0. The highest BCUT2D eigenvalue weighted by Crippen LogP contribution is 2.19. The Morgan fingerprint density at radius 1 is 0.652 bits per heavy atom. The van der Waals surface area contributed by atoms with Crippen molar-refractivity contribution in [2.45, 2.75) is 13.0 Å². The van der Waals surface area contributed by atoms with Crippen LogP contribution in [-0.4, -0.2) is 5.97 Å². The number of carbonyl (C=O) groups excluding carboxylic acids is 1. The van der Waals surface area contributed by atoms with E-state index in [0.29, 0.717) is 13.0 Å². The monoisotopic (exact) mass is 302 g/mol.